The van der Waals surface area contributed by atoms with Gasteiger partial charge in [0.05, 0.1) is 4.92 Å². The fourth-order valence-electron chi connectivity index (χ4n) is 4.50. The summed E-state index contributed by atoms with van der Waals surface area (Å²) in [4.78, 5) is 13.4. The van der Waals surface area contributed by atoms with Crippen molar-refractivity contribution >= 4 is 21.6 Å². The summed E-state index contributed by atoms with van der Waals surface area (Å²) in [5.74, 6) is 0.510. The second kappa shape index (κ2) is 4.43. The van der Waals surface area contributed by atoms with Crippen LogP contribution in [0.15, 0.2) is 16.6 Å². The van der Waals surface area contributed by atoms with Crippen LogP contribution in [0.1, 0.15) is 31.2 Å². The molecule has 1 saturated heterocycles. The molecule has 2 fully saturated rings. The molecule has 3 atom stereocenters. The number of ether oxygens (including phenoxy) is 1. The Balaban J connectivity index is 1.91. The zero-order chi connectivity index (χ0) is 14.8. The van der Waals surface area contributed by atoms with E-state index < -0.39 is 0 Å². The maximum absolute atomic E-state index is 11.4. The maximum Gasteiger partial charge on any atom is 0.312 e. The monoisotopic (exact) mass is 352 g/mol. The number of nitrogens with zero attached hydrogens (tertiary/aromatic N) is 2. The molecule has 112 valence electrons. The van der Waals surface area contributed by atoms with Crippen molar-refractivity contribution in [3.05, 3.63) is 32.3 Å². The van der Waals surface area contributed by atoms with Crippen LogP contribution in [0.2, 0.25) is 0 Å². The molecule has 2 aliphatic heterocycles. The van der Waals surface area contributed by atoms with E-state index in [2.05, 4.69) is 27.9 Å². The van der Waals surface area contributed by atoms with Crippen LogP contribution in [0.25, 0.3) is 0 Å². The molecule has 1 aliphatic carbocycles. The maximum atomic E-state index is 11.4. The van der Waals surface area contributed by atoms with Crippen molar-refractivity contribution in [1.82, 2.24) is 4.90 Å². The van der Waals surface area contributed by atoms with Gasteiger partial charge in [-0.25, -0.2) is 0 Å². The quantitative estimate of drug-likeness (QED) is 0.575. The van der Waals surface area contributed by atoms with Gasteiger partial charge in [0.1, 0.15) is 6.10 Å². The second-order valence-electron chi connectivity index (χ2n) is 6.44. The summed E-state index contributed by atoms with van der Waals surface area (Å²) in [5, 5.41) is 11.4. The number of benzene rings is 1. The number of rotatable bonds is 1. The van der Waals surface area contributed by atoms with Crippen molar-refractivity contribution in [1.29, 1.82) is 0 Å². The molecule has 4 rings (SSSR count). The zero-order valence-corrected chi connectivity index (χ0v) is 13.4. The molecule has 3 aliphatic rings. The summed E-state index contributed by atoms with van der Waals surface area (Å²) < 4.78 is 6.95. The summed E-state index contributed by atoms with van der Waals surface area (Å²) in [6.07, 6.45) is 4.43. The van der Waals surface area contributed by atoms with Gasteiger partial charge in [-0.15, -0.1) is 0 Å². The number of piperidine rings is 1. The van der Waals surface area contributed by atoms with E-state index >= 15 is 0 Å². The lowest BCUT2D eigenvalue weighted by Gasteiger charge is -2.51. The fraction of sp³-hybridized carbons (Fsp3) is 0.600. The first-order valence-electron chi connectivity index (χ1n) is 7.38. The van der Waals surface area contributed by atoms with E-state index in [9.17, 15) is 10.1 Å². The lowest BCUT2D eigenvalue weighted by atomic mass is 9.62. The minimum absolute atomic E-state index is 0.0285. The highest BCUT2D eigenvalue weighted by molar-refractivity contribution is 9.10. The Labute approximate surface area is 131 Å². The minimum atomic E-state index is -0.328. The van der Waals surface area contributed by atoms with E-state index in [1.807, 2.05) is 6.07 Å². The van der Waals surface area contributed by atoms with Crippen molar-refractivity contribution in [3.8, 4) is 5.75 Å². The summed E-state index contributed by atoms with van der Waals surface area (Å²) in [6.45, 7) is 1.03. The van der Waals surface area contributed by atoms with Gasteiger partial charge in [-0.3, -0.25) is 15.0 Å². The molecule has 5 nitrogen and oxygen atoms in total. The molecule has 0 spiro atoms. The Morgan fingerprint density at radius 2 is 2.29 bits per heavy atom. The van der Waals surface area contributed by atoms with Crippen molar-refractivity contribution in [3.63, 3.8) is 0 Å². The summed E-state index contributed by atoms with van der Waals surface area (Å²) in [5.41, 5.74) is 1.11. The molecule has 21 heavy (non-hydrogen) atoms. The second-order valence-corrected chi connectivity index (χ2v) is 7.36. The minimum Gasteiger partial charge on any atom is -0.481 e. The van der Waals surface area contributed by atoms with E-state index in [-0.39, 0.29) is 22.1 Å². The normalized spacial score (nSPS) is 34.0. The third-order valence-corrected chi connectivity index (χ3v) is 5.96. The molecule has 0 amide bonds. The van der Waals surface area contributed by atoms with Crippen molar-refractivity contribution in [2.24, 2.45) is 0 Å². The van der Waals surface area contributed by atoms with Gasteiger partial charge in [-0.2, -0.15) is 0 Å². The van der Waals surface area contributed by atoms with Crippen LogP contribution < -0.4 is 4.74 Å². The van der Waals surface area contributed by atoms with Gasteiger partial charge in [0.2, 0.25) is 5.75 Å². The number of hydrogen-bond donors (Lipinski definition) is 0. The van der Waals surface area contributed by atoms with Crippen molar-refractivity contribution in [2.45, 2.75) is 43.2 Å². The van der Waals surface area contributed by atoms with E-state index in [4.69, 9.17) is 4.74 Å². The van der Waals surface area contributed by atoms with Gasteiger partial charge >= 0.3 is 5.69 Å². The third kappa shape index (κ3) is 1.72. The number of likely N-dealkylation sites (tertiary alicyclic amines) is 1. The molecule has 1 aromatic carbocycles. The third-order valence-electron chi connectivity index (χ3n) is 5.51. The molecule has 1 aromatic rings. The van der Waals surface area contributed by atoms with E-state index in [0.717, 1.165) is 42.3 Å². The Hall–Kier alpha value is -1.14. The van der Waals surface area contributed by atoms with E-state index in [0.29, 0.717) is 11.8 Å². The summed E-state index contributed by atoms with van der Waals surface area (Å²) in [7, 11) is 2.14. The topological polar surface area (TPSA) is 55.6 Å². The number of halogens is 1. The van der Waals surface area contributed by atoms with Crippen LogP contribution in [0.3, 0.4) is 0 Å². The smallest absolute Gasteiger partial charge is 0.312 e. The molecular weight excluding hydrogens is 336 g/mol. The van der Waals surface area contributed by atoms with Crippen LogP contribution in [-0.2, 0) is 5.41 Å². The molecule has 2 heterocycles. The van der Waals surface area contributed by atoms with Crippen molar-refractivity contribution < 1.29 is 9.66 Å². The Morgan fingerprint density at radius 3 is 3.05 bits per heavy atom. The molecule has 0 unspecified atom stereocenters. The molecule has 2 bridgehead atoms. The number of nitro groups is 1. The highest BCUT2D eigenvalue weighted by Crippen LogP contribution is 2.58. The number of likely N-dealkylation sites (N-methyl/N-ethyl adjacent to an activating group) is 1. The van der Waals surface area contributed by atoms with E-state index in [1.165, 1.54) is 0 Å². The molecule has 0 N–H and O–H groups in total. The zero-order valence-electron chi connectivity index (χ0n) is 11.8. The van der Waals surface area contributed by atoms with Crippen LogP contribution in [0, 0.1) is 10.1 Å². The predicted octanol–water partition coefficient (Wildman–Crippen LogP) is 3.24. The SMILES string of the molecule is CN1CC[C@@]23CCC[C@@H]1[C@@H]2Oc1c([N+](=O)[O-])cc(Br)cc13. The molecule has 0 radical (unpaired) electrons. The van der Waals surface area contributed by atoms with Gasteiger partial charge in [0.15, 0.2) is 0 Å². The van der Waals surface area contributed by atoms with Gasteiger partial charge in [0, 0.05) is 27.6 Å². The van der Waals surface area contributed by atoms with Gasteiger partial charge in [0.25, 0.3) is 0 Å². The Bertz CT molecular complexity index is 636. The first-order valence-corrected chi connectivity index (χ1v) is 8.17. The molecule has 6 heteroatoms. The lowest BCUT2D eigenvalue weighted by molar-refractivity contribution is -0.386. The number of nitro benzene ring substituents is 1. The average molecular weight is 353 g/mol. The highest BCUT2D eigenvalue weighted by atomic mass is 79.9. The van der Waals surface area contributed by atoms with E-state index in [1.54, 1.807) is 6.07 Å². The Kier molecular flexibility index (Phi) is 2.85. The average Bonchev–Trinajstić information content (AvgIpc) is 2.78. The largest absolute Gasteiger partial charge is 0.481 e. The van der Waals surface area contributed by atoms with Gasteiger partial charge in [-0.1, -0.05) is 22.4 Å². The molecule has 0 aromatic heterocycles. The molecular formula is C15H17BrN2O3. The van der Waals surface area contributed by atoms with Crippen LogP contribution >= 0.6 is 15.9 Å². The first-order chi connectivity index (χ1) is 10.0. The van der Waals surface area contributed by atoms with Crippen LogP contribution in [-0.4, -0.2) is 35.6 Å². The lowest BCUT2D eigenvalue weighted by Crippen LogP contribution is -2.60. The molecule has 1 saturated carbocycles. The number of fused-ring (bicyclic) bond motifs is 1. The first kappa shape index (κ1) is 13.5. The number of hydrogen-bond acceptors (Lipinski definition) is 4. The predicted molar refractivity (Wildman–Crippen MR) is 81.8 cm³/mol. The summed E-state index contributed by atoms with van der Waals surface area (Å²) >= 11 is 3.43. The van der Waals surface area contributed by atoms with Crippen LogP contribution in [0.5, 0.6) is 5.75 Å². The fourth-order valence-corrected chi connectivity index (χ4v) is 4.94. The van der Waals surface area contributed by atoms with Gasteiger partial charge < -0.3 is 4.74 Å². The van der Waals surface area contributed by atoms with Crippen LogP contribution in [0.4, 0.5) is 5.69 Å². The van der Waals surface area contributed by atoms with Crippen molar-refractivity contribution in [2.75, 3.05) is 13.6 Å². The summed E-state index contributed by atoms with van der Waals surface area (Å²) in [6, 6.07) is 3.97. The van der Waals surface area contributed by atoms with Gasteiger partial charge in [-0.05, 0) is 38.9 Å². The highest BCUT2D eigenvalue weighted by Gasteiger charge is 2.58. The standard InChI is InChI=1S/C15H17BrN2O3/c1-17-6-5-15-4-2-3-11(17)14(15)21-13-10(15)7-9(16)8-12(13)18(19)20/h7-8,11,14H,2-6H2,1H3/t11-,14+,15-/m1/s1. The Morgan fingerprint density at radius 1 is 1.48 bits per heavy atom.